The third-order valence-corrected chi connectivity index (χ3v) is 5.07. The SMILES string of the molecule is CC1SC(Br)CC1Br. The van der Waals surface area contributed by atoms with Gasteiger partial charge in [0.1, 0.15) is 0 Å². The first kappa shape index (κ1) is 7.42. The minimum Gasteiger partial charge on any atom is -0.143 e. The Morgan fingerprint density at radius 3 is 2.25 bits per heavy atom. The Balaban J connectivity index is 2.39. The first-order chi connectivity index (χ1) is 3.70. The Kier molecular flexibility index (Phi) is 2.72. The van der Waals surface area contributed by atoms with Crippen LogP contribution in [-0.4, -0.2) is 14.2 Å². The Labute approximate surface area is 71.1 Å². The van der Waals surface area contributed by atoms with E-state index in [9.17, 15) is 0 Å². The van der Waals surface area contributed by atoms with Crippen LogP contribution in [0.4, 0.5) is 0 Å². The molecular weight excluding hydrogens is 252 g/mol. The van der Waals surface area contributed by atoms with Crippen LogP contribution in [0, 0.1) is 0 Å². The van der Waals surface area contributed by atoms with Crippen LogP contribution in [0.25, 0.3) is 0 Å². The molecular formula is C5H8Br2S. The highest BCUT2D eigenvalue weighted by Gasteiger charge is 2.27. The maximum atomic E-state index is 3.59. The molecule has 1 heterocycles. The summed E-state index contributed by atoms with van der Waals surface area (Å²) >= 11 is 9.14. The highest BCUT2D eigenvalue weighted by atomic mass is 79.9. The molecule has 0 radical (unpaired) electrons. The van der Waals surface area contributed by atoms with Crippen LogP contribution in [0.5, 0.6) is 0 Å². The quantitative estimate of drug-likeness (QED) is 0.603. The predicted molar refractivity (Wildman–Crippen MR) is 47.1 cm³/mol. The molecule has 1 saturated heterocycles. The average molecular weight is 260 g/mol. The molecule has 0 aromatic carbocycles. The molecule has 0 spiro atoms. The van der Waals surface area contributed by atoms with Crippen molar-refractivity contribution in [2.45, 2.75) is 27.6 Å². The van der Waals surface area contributed by atoms with Gasteiger partial charge >= 0.3 is 0 Å². The van der Waals surface area contributed by atoms with Crippen molar-refractivity contribution in [3.8, 4) is 0 Å². The number of hydrogen-bond donors (Lipinski definition) is 0. The van der Waals surface area contributed by atoms with Gasteiger partial charge < -0.3 is 0 Å². The summed E-state index contributed by atoms with van der Waals surface area (Å²) in [6, 6.07) is 0. The molecule has 3 unspecified atom stereocenters. The van der Waals surface area contributed by atoms with E-state index in [2.05, 4.69) is 38.8 Å². The van der Waals surface area contributed by atoms with Gasteiger partial charge in [-0.25, -0.2) is 0 Å². The predicted octanol–water partition coefficient (Wildman–Crippen LogP) is 3.00. The van der Waals surface area contributed by atoms with Crippen LogP contribution in [0.3, 0.4) is 0 Å². The van der Waals surface area contributed by atoms with Gasteiger partial charge in [-0.3, -0.25) is 0 Å². The molecule has 0 nitrogen and oxygen atoms in total. The van der Waals surface area contributed by atoms with Gasteiger partial charge in [0.2, 0.25) is 0 Å². The lowest BCUT2D eigenvalue weighted by Crippen LogP contribution is -2.03. The summed E-state index contributed by atoms with van der Waals surface area (Å²) in [5, 5.41) is 0.777. The Morgan fingerprint density at radius 2 is 2.12 bits per heavy atom. The van der Waals surface area contributed by atoms with Gasteiger partial charge in [-0.15, -0.1) is 11.8 Å². The fourth-order valence-corrected chi connectivity index (χ4v) is 4.73. The van der Waals surface area contributed by atoms with Gasteiger partial charge in [0.05, 0.1) is 4.16 Å². The van der Waals surface area contributed by atoms with Crippen molar-refractivity contribution in [1.82, 2.24) is 0 Å². The van der Waals surface area contributed by atoms with Crippen LogP contribution in [0.1, 0.15) is 13.3 Å². The van der Waals surface area contributed by atoms with Crippen LogP contribution < -0.4 is 0 Å². The van der Waals surface area contributed by atoms with Crippen LogP contribution in [0.2, 0.25) is 0 Å². The summed E-state index contributed by atoms with van der Waals surface area (Å²) in [4.78, 5) is 0.719. The van der Waals surface area contributed by atoms with Crippen LogP contribution >= 0.6 is 43.6 Å². The molecule has 48 valence electrons. The Bertz CT molecular complexity index is 76.5. The fraction of sp³-hybridized carbons (Fsp3) is 1.00. The largest absolute Gasteiger partial charge is 0.143 e. The van der Waals surface area contributed by atoms with E-state index >= 15 is 0 Å². The monoisotopic (exact) mass is 258 g/mol. The molecule has 0 bridgehead atoms. The van der Waals surface area contributed by atoms with Crippen molar-refractivity contribution >= 4 is 43.6 Å². The number of thioether (sulfide) groups is 1. The summed E-state index contributed by atoms with van der Waals surface area (Å²) in [6.07, 6.45) is 1.26. The first-order valence-electron chi connectivity index (χ1n) is 2.64. The molecule has 0 saturated carbocycles. The van der Waals surface area contributed by atoms with Gasteiger partial charge in [0.25, 0.3) is 0 Å². The van der Waals surface area contributed by atoms with E-state index in [1.54, 1.807) is 0 Å². The molecule has 8 heavy (non-hydrogen) atoms. The molecule has 1 rings (SSSR count). The van der Waals surface area contributed by atoms with Crippen molar-refractivity contribution in [1.29, 1.82) is 0 Å². The van der Waals surface area contributed by atoms with Gasteiger partial charge in [0, 0.05) is 10.1 Å². The molecule has 0 aromatic heterocycles. The van der Waals surface area contributed by atoms with E-state index in [1.165, 1.54) is 6.42 Å². The number of alkyl halides is 2. The number of rotatable bonds is 0. The minimum absolute atomic E-state index is 0.682. The summed E-state index contributed by atoms with van der Waals surface area (Å²) in [5.74, 6) is 0. The summed E-state index contributed by atoms with van der Waals surface area (Å²) < 4.78 is 0.682. The molecule has 0 aliphatic carbocycles. The van der Waals surface area contributed by atoms with Crippen LogP contribution in [0.15, 0.2) is 0 Å². The van der Waals surface area contributed by atoms with Gasteiger partial charge in [0.15, 0.2) is 0 Å². The molecule has 0 aromatic rings. The number of halogens is 2. The summed E-state index contributed by atoms with van der Waals surface area (Å²) in [7, 11) is 0. The van der Waals surface area contributed by atoms with Gasteiger partial charge in [-0.1, -0.05) is 38.8 Å². The molecule has 3 atom stereocenters. The van der Waals surface area contributed by atoms with E-state index in [1.807, 2.05) is 11.8 Å². The second-order valence-corrected chi connectivity index (χ2v) is 6.48. The third-order valence-electron chi connectivity index (χ3n) is 1.28. The van der Waals surface area contributed by atoms with E-state index in [4.69, 9.17) is 0 Å². The topological polar surface area (TPSA) is 0 Å². The molecule has 3 heteroatoms. The third kappa shape index (κ3) is 1.64. The maximum absolute atomic E-state index is 3.59. The second kappa shape index (κ2) is 2.93. The lowest BCUT2D eigenvalue weighted by Gasteiger charge is -2.01. The smallest absolute Gasteiger partial charge is 0.0614 e. The molecule has 0 N–H and O–H groups in total. The normalized spacial score (nSPS) is 47.6. The zero-order valence-electron chi connectivity index (χ0n) is 4.60. The van der Waals surface area contributed by atoms with Crippen molar-refractivity contribution in [2.75, 3.05) is 0 Å². The highest BCUT2D eigenvalue weighted by Crippen LogP contribution is 2.40. The van der Waals surface area contributed by atoms with Gasteiger partial charge in [-0.2, -0.15) is 0 Å². The molecule has 1 fully saturated rings. The summed E-state index contributed by atoms with van der Waals surface area (Å²) in [6.45, 7) is 2.26. The number of hydrogen-bond acceptors (Lipinski definition) is 1. The second-order valence-electron chi connectivity index (χ2n) is 2.00. The minimum atomic E-state index is 0.682. The van der Waals surface area contributed by atoms with E-state index in [0.29, 0.717) is 4.16 Å². The Hall–Kier alpha value is 1.31. The molecule has 0 amide bonds. The van der Waals surface area contributed by atoms with Crippen molar-refractivity contribution in [2.24, 2.45) is 0 Å². The van der Waals surface area contributed by atoms with Gasteiger partial charge in [-0.05, 0) is 6.42 Å². The van der Waals surface area contributed by atoms with Crippen molar-refractivity contribution < 1.29 is 0 Å². The van der Waals surface area contributed by atoms with Crippen molar-refractivity contribution in [3.63, 3.8) is 0 Å². The van der Waals surface area contributed by atoms with E-state index < -0.39 is 0 Å². The summed E-state index contributed by atoms with van der Waals surface area (Å²) in [5.41, 5.74) is 0. The standard InChI is InChI=1S/C5H8Br2S/c1-3-4(6)2-5(7)8-3/h3-5H,2H2,1H3. The van der Waals surface area contributed by atoms with E-state index in [0.717, 1.165) is 10.1 Å². The zero-order chi connectivity index (χ0) is 6.15. The zero-order valence-corrected chi connectivity index (χ0v) is 8.59. The Morgan fingerprint density at radius 1 is 1.50 bits per heavy atom. The molecule has 1 aliphatic heterocycles. The molecule has 1 aliphatic rings. The lowest BCUT2D eigenvalue weighted by atomic mass is 10.3. The average Bonchev–Trinajstić information content (AvgIpc) is 1.85. The first-order valence-corrected chi connectivity index (χ1v) is 5.41. The van der Waals surface area contributed by atoms with Crippen molar-refractivity contribution in [3.05, 3.63) is 0 Å². The van der Waals surface area contributed by atoms with Crippen LogP contribution in [-0.2, 0) is 0 Å². The fourth-order valence-electron chi connectivity index (χ4n) is 0.742. The maximum Gasteiger partial charge on any atom is 0.0614 e. The lowest BCUT2D eigenvalue weighted by molar-refractivity contribution is 0.863. The van der Waals surface area contributed by atoms with E-state index in [-0.39, 0.29) is 0 Å². The highest BCUT2D eigenvalue weighted by molar-refractivity contribution is 9.11.